The molecule has 1 aliphatic rings. The molecule has 4 heteroatoms. The zero-order valence-corrected chi connectivity index (χ0v) is 13.4. The summed E-state index contributed by atoms with van der Waals surface area (Å²) in [5, 5.41) is 18.1. The molecule has 1 unspecified atom stereocenters. The van der Waals surface area contributed by atoms with Gasteiger partial charge in [0.2, 0.25) is 0 Å². The van der Waals surface area contributed by atoms with Gasteiger partial charge in [0, 0.05) is 0 Å². The van der Waals surface area contributed by atoms with Gasteiger partial charge in [-0.3, -0.25) is 0 Å². The van der Waals surface area contributed by atoms with Crippen LogP contribution in [0.25, 0.3) is 0 Å². The summed E-state index contributed by atoms with van der Waals surface area (Å²) in [4.78, 5) is 0. The molecule has 17 heavy (non-hydrogen) atoms. The van der Waals surface area contributed by atoms with E-state index in [9.17, 15) is 0 Å². The zero-order chi connectivity index (χ0) is 13.3. The van der Waals surface area contributed by atoms with Crippen LogP contribution in [-0.4, -0.2) is 14.2 Å². The van der Waals surface area contributed by atoms with Gasteiger partial charge in [0.15, 0.2) is 0 Å². The van der Waals surface area contributed by atoms with Crippen LogP contribution >= 0.6 is 8.19 Å². The quantitative estimate of drug-likeness (QED) is 0.756. The number of allylic oxidation sites excluding steroid dienone is 4. The van der Waals surface area contributed by atoms with Crippen LogP contribution in [0.3, 0.4) is 0 Å². The first-order valence-electron chi connectivity index (χ1n) is 5.36. The average Bonchev–Trinajstić information content (AvgIpc) is 3.00. The third-order valence-corrected chi connectivity index (χ3v) is 6.65. The molecule has 0 N–H and O–H groups in total. The predicted octanol–water partition coefficient (Wildman–Crippen LogP) is 0.839. The third kappa shape index (κ3) is 5.37. The Morgan fingerprint density at radius 3 is 2.24 bits per heavy atom. The fraction of sp³-hybridized carbons (Fsp3) is 0.385. The van der Waals surface area contributed by atoms with Crippen molar-refractivity contribution in [3.63, 3.8) is 0 Å². The molecule has 0 aliphatic heterocycles. The van der Waals surface area contributed by atoms with Crippen molar-refractivity contribution in [1.29, 1.82) is 0 Å². The van der Waals surface area contributed by atoms with Gasteiger partial charge in [0.1, 0.15) is 0 Å². The van der Waals surface area contributed by atoms with Crippen molar-refractivity contribution in [3.05, 3.63) is 38.8 Å². The normalized spacial score (nSPS) is 12.2. The second-order valence-electron chi connectivity index (χ2n) is 3.42. The summed E-state index contributed by atoms with van der Waals surface area (Å²) in [6.07, 6.45) is 8.00. The molecular formula is C13H19O2PTi. The van der Waals surface area contributed by atoms with Crippen LogP contribution < -0.4 is 14.1 Å². The second-order valence-corrected chi connectivity index (χ2v) is 6.92. The van der Waals surface area contributed by atoms with Crippen molar-refractivity contribution in [3.8, 4) is 0 Å². The van der Waals surface area contributed by atoms with E-state index in [2.05, 4.69) is 37.9 Å². The van der Waals surface area contributed by atoms with E-state index in [-0.39, 0.29) is 19.2 Å². The Balaban J connectivity index is 0.000000581. The molecule has 1 aliphatic carbocycles. The van der Waals surface area contributed by atoms with Crippen molar-refractivity contribution in [1.82, 2.24) is 0 Å². The average molecular weight is 286 g/mol. The standard InChI is InChI=1S/C6H8P.C5H5.2CH3O.Ti/c1-5-3-6(2)7-4-5;1-2-4-5-3-1;2*1-2;/h4,7H,1-2H3;1-3H,4H2;2*1H3;/q;;2*-1;+2. The van der Waals surface area contributed by atoms with E-state index in [1.165, 1.54) is 6.42 Å². The first-order chi connectivity index (χ1) is 8.27. The van der Waals surface area contributed by atoms with Crippen LogP contribution in [-0.2, 0) is 19.2 Å². The van der Waals surface area contributed by atoms with Gasteiger partial charge in [-0.25, -0.2) is 0 Å². The van der Waals surface area contributed by atoms with E-state index in [4.69, 9.17) is 10.2 Å². The van der Waals surface area contributed by atoms with Crippen LogP contribution in [0.2, 0.25) is 0 Å². The Morgan fingerprint density at radius 2 is 1.82 bits per heavy atom. The van der Waals surface area contributed by atoms with Gasteiger partial charge >= 0.3 is 90.2 Å². The molecule has 0 saturated heterocycles. The fourth-order valence-electron chi connectivity index (χ4n) is 1.55. The maximum atomic E-state index is 8.25. The van der Waals surface area contributed by atoms with Crippen molar-refractivity contribution < 1.29 is 29.4 Å². The van der Waals surface area contributed by atoms with Gasteiger partial charge in [-0.2, -0.15) is 14.2 Å². The number of aryl methyl sites for hydroxylation is 2. The van der Waals surface area contributed by atoms with E-state index in [0.717, 1.165) is 22.4 Å². The van der Waals surface area contributed by atoms with Crippen molar-refractivity contribution in [2.45, 2.75) is 20.3 Å². The van der Waals surface area contributed by atoms with E-state index in [1.54, 1.807) is 18.6 Å². The van der Waals surface area contributed by atoms with Gasteiger partial charge in [0.05, 0.1) is 0 Å². The Morgan fingerprint density at radius 1 is 1.18 bits per heavy atom. The molecule has 1 atom stereocenters. The molecule has 0 aromatic carbocycles. The van der Waals surface area contributed by atoms with Crippen molar-refractivity contribution in [2.24, 2.45) is 0 Å². The third-order valence-electron chi connectivity index (χ3n) is 2.33. The molecule has 92 valence electrons. The summed E-state index contributed by atoms with van der Waals surface area (Å²) in [7, 11) is 2.47. The maximum absolute atomic E-state index is 8.25. The molecule has 2 rings (SSSR count). The molecule has 1 heterocycles. The van der Waals surface area contributed by atoms with Crippen LogP contribution in [0.1, 0.15) is 17.3 Å². The Kier molecular flexibility index (Phi) is 9.82. The van der Waals surface area contributed by atoms with E-state index < -0.39 is 0 Å². The van der Waals surface area contributed by atoms with Crippen molar-refractivity contribution >= 4 is 12.1 Å². The molecule has 0 amide bonds. The molecule has 0 bridgehead atoms. The predicted molar refractivity (Wildman–Crippen MR) is 68.7 cm³/mol. The minimum absolute atomic E-state index is 0.0150. The van der Waals surface area contributed by atoms with Crippen LogP contribution in [0.15, 0.2) is 27.9 Å². The van der Waals surface area contributed by atoms with E-state index >= 15 is 0 Å². The summed E-state index contributed by atoms with van der Waals surface area (Å²) >= 11 is 0.0150. The molecule has 2 nitrogen and oxygen atoms in total. The van der Waals surface area contributed by atoms with Gasteiger partial charge in [0.25, 0.3) is 0 Å². The molecule has 1 aromatic heterocycles. The van der Waals surface area contributed by atoms with E-state index in [0.29, 0.717) is 0 Å². The number of rotatable bonds is 2. The van der Waals surface area contributed by atoms with Gasteiger partial charge < -0.3 is 10.2 Å². The number of hydrogen-bond donors (Lipinski definition) is 0. The zero-order valence-electron chi connectivity index (χ0n) is 10.8. The molecule has 0 fully saturated rings. The van der Waals surface area contributed by atoms with Crippen molar-refractivity contribution in [2.75, 3.05) is 14.2 Å². The molecule has 0 radical (unpaired) electrons. The second kappa shape index (κ2) is 9.88. The summed E-state index contributed by atoms with van der Waals surface area (Å²) in [6, 6.07) is 0. The Hall–Kier alpha value is -0.106. The van der Waals surface area contributed by atoms with E-state index in [1.807, 2.05) is 0 Å². The van der Waals surface area contributed by atoms with Gasteiger partial charge in [-0.1, -0.05) is 0 Å². The molecule has 0 saturated carbocycles. The minimum atomic E-state index is 0.0150. The van der Waals surface area contributed by atoms with Gasteiger partial charge in [-0.15, -0.1) is 0 Å². The Bertz CT molecular complexity index is 361. The summed E-state index contributed by atoms with van der Waals surface area (Å²) < 4.78 is 3.40. The van der Waals surface area contributed by atoms with Crippen LogP contribution in [0.4, 0.5) is 0 Å². The van der Waals surface area contributed by atoms with Gasteiger partial charge in [-0.05, 0) is 0 Å². The van der Waals surface area contributed by atoms with Crippen LogP contribution in [0, 0.1) is 13.8 Å². The Labute approximate surface area is 114 Å². The molecule has 0 spiro atoms. The molecular weight excluding hydrogens is 267 g/mol. The van der Waals surface area contributed by atoms with Crippen LogP contribution in [0.5, 0.6) is 0 Å². The fourth-order valence-corrected chi connectivity index (χ4v) is 5.13. The molecule has 1 aromatic rings. The first-order valence-corrected chi connectivity index (χ1v) is 8.00. The summed E-state index contributed by atoms with van der Waals surface area (Å²) in [5.74, 6) is 2.40. The monoisotopic (exact) mass is 286 g/mol. The number of hydrogen-bond acceptors (Lipinski definition) is 2. The summed E-state index contributed by atoms with van der Waals surface area (Å²) in [5.41, 5.74) is 1.56. The first kappa shape index (κ1) is 16.9. The summed E-state index contributed by atoms with van der Waals surface area (Å²) in [6.45, 7) is 4.57. The SMILES string of the molecule is C[O-].C[O-].Cc1c[pH]c(C)[c]1[Ti+2][C]1=CC=CC1. The topological polar surface area (TPSA) is 46.1 Å².